The fourth-order valence-electron chi connectivity index (χ4n) is 8.44. The van der Waals surface area contributed by atoms with Gasteiger partial charge in [0.2, 0.25) is 0 Å². The van der Waals surface area contributed by atoms with Gasteiger partial charge in [-0.05, 0) is 115 Å². The van der Waals surface area contributed by atoms with Crippen molar-refractivity contribution in [1.29, 1.82) is 0 Å². The molecule has 45 heavy (non-hydrogen) atoms. The van der Waals surface area contributed by atoms with E-state index in [1.54, 1.807) is 11.1 Å². The average Bonchev–Trinajstić information content (AvgIpc) is 3.53. The van der Waals surface area contributed by atoms with Crippen LogP contribution in [0.4, 0.5) is 0 Å². The molecule has 0 heterocycles. The zero-order valence-corrected chi connectivity index (χ0v) is 27.6. The van der Waals surface area contributed by atoms with Gasteiger partial charge in [0, 0.05) is 0 Å². The molecule has 0 bridgehead atoms. The second-order valence-corrected chi connectivity index (χ2v) is 14.1. The number of rotatable bonds is 6. The van der Waals surface area contributed by atoms with Crippen LogP contribution in [-0.2, 0) is 0 Å². The number of hydrogen-bond donors (Lipinski definition) is 0. The molecule has 218 valence electrons. The molecule has 0 amide bonds. The first-order valence-corrected chi connectivity index (χ1v) is 17.6. The summed E-state index contributed by atoms with van der Waals surface area (Å²) in [5.74, 6) is 0. The number of hydrogen-bond acceptors (Lipinski definition) is 0. The number of benzene rings is 6. The highest BCUT2D eigenvalue weighted by molar-refractivity contribution is 6.44. The summed E-state index contributed by atoms with van der Waals surface area (Å²) in [6, 6.07) is 45.4. The topological polar surface area (TPSA) is 0 Å². The van der Waals surface area contributed by atoms with Gasteiger partial charge in [0.1, 0.15) is 0 Å². The van der Waals surface area contributed by atoms with Crippen molar-refractivity contribution in [2.24, 2.45) is 0 Å². The summed E-state index contributed by atoms with van der Waals surface area (Å²) in [7, 11) is 0.775. The SMILES string of the molecule is CCC1=C(C)c2c(-c3cccc4ccccc34)cccc2C1[Si]C1C(CC)=C(C)c2c(-c3cccc4ccccc34)cccc21. The van der Waals surface area contributed by atoms with Gasteiger partial charge in [0.05, 0.1) is 9.52 Å². The molecular formula is C44H38Si. The van der Waals surface area contributed by atoms with Crippen LogP contribution in [0.15, 0.2) is 132 Å². The van der Waals surface area contributed by atoms with E-state index in [0.29, 0.717) is 11.1 Å². The highest BCUT2D eigenvalue weighted by atomic mass is 28.2. The molecule has 2 unspecified atom stereocenters. The first-order valence-electron chi connectivity index (χ1n) is 16.5. The lowest BCUT2D eigenvalue weighted by Crippen LogP contribution is -2.18. The zero-order chi connectivity index (χ0) is 30.7. The standard InChI is InChI=1S/C44H38Si/c1-5-31-27(3)41-37(35-21-11-17-29-15-7-9-19-33(29)35)23-13-25-39(41)43(31)45-44-32(6-2)28(4)42-38(24-14-26-40(42)44)36-22-12-18-30-16-8-10-20-34(30)36/h7-26,43-44H,5-6H2,1-4H3. The van der Waals surface area contributed by atoms with E-state index in [-0.39, 0.29) is 0 Å². The molecule has 0 aromatic heterocycles. The lowest BCUT2D eigenvalue weighted by atomic mass is 9.91. The van der Waals surface area contributed by atoms with Crippen LogP contribution < -0.4 is 0 Å². The van der Waals surface area contributed by atoms with Crippen molar-refractivity contribution in [3.63, 3.8) is 0 Å². The van der Waals surface area contributed by atoms with Gasteiger partial charge in [-0.1, -0.05) is 146 Å². The van der Waals surface area contributed by atoms with Crippen molar-refractivity contribution < 1.29 is 0 Å². The van der Waals surface area contributed by atoms with Crippen LogP contribution in [0.5, 0.6) is 0 Å². The first-order chi connectivity index (χ1) is 22.1. The van der Waals surface area contributed by atoms with Crippen molar-refractivity contribution in [3.8, 4) is 22.3 Å². The van der Waals surface area contributed by atoms with Crippen LogP contribution in [0.1, 0.15) is 73.9 Å². The van der Waals surface area contributed by atoms with E-state index < -0.39 is 0 Å². The van der Waals surface area contributed by atoms with Crippen molar-refractivity contribution in [2.45, 2.75) is 51.6 Å². The minimum atomic E-state index is 0.450. The Morgan fingerprint density at radius 1 is 0.444 bits per heavy atom. The molecule has 0 saturated heterocycles. The highest BCUT2D eigenvalue weighted by Crippen LogP contribution is 2.53. The minimum absolute atomic E-state index is 0.450. The third-order valence-corrected chi connectivity index (χ3v) is 12.5. The molecule has 0 saturated carbocycles. The third-order valence-electron chi connectivity index (χ3n) is 10.5. The fraction of sp³-hybridized carbons (Fsp3) is 0.182. The average molecular weight is 595 g/mol. The van der Waals surface area contributed by atoms with E-state index in [1.165, 1.54) is 77.2 Å². The molecule has 0 aliphatic heterocycles. The summed E-state index contributed by atoms with van der Waals surface area (Å²) in [5, 5.41) is 5.28. The smallest absolute Gasteiger partial charge is 0.0626 e. The van der Waals surface area contributed by atoms with Gasteiger partial charge in [-0.3, -0.25) is 0 Å². The number of allylic oxidation sites excluding steroid dienone is 4. The summed E-state index contributed by atoms with van der Waals surface area (Å²) in [5.41, 5.74) is 18.6. The molecule has 0 nitrogen and oxygen atoms in total. The molecule has 0 spiro atoms. The van der Waals surface area contributed by atoms with Gasteiger partial charge in [0.15, 0.2) is 0 Å². The second kappa shape index (κ2) is 11.2. The van der Waals surface area contributed by atoms with Gasteiger partial charge in [-0.2, -0.15) is 0 Å². The van der Waals surface area contributed by atoms with Gasteiger partial charge >= 0.3 is 0 Å². The Kier molecular flexibility index (Phi) is 6.95. The lowest BCUT2D eigenvalue weighted by molar-refractivity contribution is 0.940. The maximum atomic E-state index is 2.43. The fourth-order valence-corrected chi connectivity index (χ4v) is 10.9. The maximum Gasteiger partial charge on any atom is 0.0678 e. The third kappa shape index (κ3) is 4.32. The Balaban J connectivity index is 1.26. The molecule has 2 atom stereocenters. The molecule has 6 aromatic carbocycles. The monoisotopic (exact) mass is 594 g/mol. The molecule has 1 heteroatoms. The Labute approximate surface area is 270 Å². The van der Waals surface area contributed by atoms with Gasteiger partial charge in [-0.15, -0.1) is 0 Å². The first kappa shape index (κ1) is 28.0. The maximum absolute atomic E-state index is 2.43. The Hall–Kier alpha value is -4.46. The molecule has 8 rings (SSSR count). The molecule has 6 aromatic rings. The van der Waals surface area contributed by atoms with Crippen LogP contribution in [0.2, 0.25) is 0 Å². The van der Waals surface area contributed by atoms with Crippen molar-refractivity contribution >= 4 is 42.2 Å². The molecule has 0 fully saturated rings. The van der Waals surface area contributed by atoms with Crippen LogP contribution in [-0.4, -0.2) is 9.52 Å². The van der Waals surface area contributed by atoms with Crippen molar-refractivity contribution in [2.75, 3.05) is 0 Å². The van der Waals surface area contributed by atoms with Crippen LogP contribution in [0.3, 0.4) is 0 Å². The van der Waals surface area contributed by atoms with E-state index >= 15 is 0 Å². The van der Waals surface area contributed by atoms with E-state index in [1.807, 2.05) is 0 Å². The molecule has 0 N–H and O–H groups in total. The van der Waals surface area contributed by atoms with Crippen LogP contribution >= 0.6 is 0 Å². The van der Waals surface area contributed by atoms with E-state index in [0.717, 1.165) is 22.4 Å². The normalized spacial score (nSPS) is 17.4. The summed E-state index contributed by atoms with van der Waals surface area (Å²) in [6.07, 6.45) is 2.18. The van der Waals surface area contributed by atoms with E-state index in [2.05, 4.69) is 149 Å². The van der Waals surface area contributed by atoms with Gasteiger partial charge in [0.25, 0.3) is 0 Å². The van der Waals surface area contributed by atoms with Gasteiger partial charge < -0.3 is 0 Å². The minimum Gasteiger partial charge on any atom is -0.0626 e. The van der Waals surface area contributed by atoms with E-state index in [4.69, 9.17) is 0 Å². The highest BCUT2D eigenvalue weighted by Gasteiger charge is 2.37. The molecule has 2 aliphatic carbocycles. The molecule has 2 radical (unpaired) electrons. The second-order valence-electron chi connectivity index (χ2n) is 12.6. The van der Waals surface area contributed by atoms with Crippen LogP contribution in [0, 0.1) is 0 Å². The van der Waals surface area contributed by atoms with Crippen molar-refractivity contribution in [3.05, 3.63) is 155 Å². The summed E-state index contributed by atoms with van der Waals surface area (Å²) in [4.78, 5) is 0. The summed E-state index contributed by atoms with van der Waals surface area (Å²) >= 11 is 0. The predicted octanol–water partition coefficient (Wildman–Crippen LogP) is 12.2. The van der Waals surface area contributed by atoms with Gasteiger partial charge in [-0.25, -0.2) is 0 Å². The zero-order valence-electron chi connectivity index (χ0n) is 26.6. The van der Waals surface area contributed by atoms with Crippen molar-refractivity contribution in [1.82, 2.24) is 0 Å². The Bertz CT molecular complexity index is 2030. The number of fused-ring (bicyclic) bond motifs is 4. The van der Waals surface area contributed by atoms with Crippen LogP contribution in [0.25, 0.3) is 54.9 Å². The largest absolute Gasteiger partial charge is 0.0678 e. The predicted molar refractivity (Wildman–Crippen MR) is 196 cm³/mol. The quantitative estimate of drug-likeness (QED) is 0.168. The van der Waals surface area contributed by atoms with E-state index in [9.17, 15) is 0 Å². The Morgan fingerprint density at radius 2 is 0.822 bits per heavy atom. The Morgan fingerprint density at radius 3 is 1.27 bits per heavy atom. The molecule has 2 aliphatic rings. The summed E-state index contributed by atoms with van der Waals surface area (Å²) in [6.45, 7) is 9.51. The lowest BCUT2D eigenvalue weighted by Gasteiger charge is -2.23. The molecular weight excluding hydrogens is 557 g/mol. The summed E-state index contributed by atoms with van der Waals surface area (Å²) < 4.78 is 0.